The Balaban J connectivity index is 1.76. The van der Waals surface area contributed by atoms with Gasteiger partial charge in [0.25, 0.3) is 5.91 Å². The molecule has 3 rings (SSSR count). The number of para-hydroxylation sites is 1. The van der Waals surface area contributed by atoms with Crippen molar-refractivity contribution >= 4 is 11.6 Å². The van der Waals surface area contributed by atoms with E-state index in [0.29, 0.717) is 29.4 Å². The van der Waals surface area contributed by atoms with E-state index in [4.69, 9.17) is 19.2 Å². The van der Waals surface area contributed by atoms with Crippen molar-refractivity contribution in [3.63, 3.8) is 0 Å². The molecular weight excluding hydrogens is 344 g/mol. The summed E-state index contributed by atoms with van der Waals surface area (Å²) in [5, 5.41) is 8.97. The van der Waals surface area contributed by atoms with Gasteiger partial charge in [0.2, 0.25) is 0 Å². The molecule has 0 aliphatic rings. The number of carbonyl (C=O) groups is 1. The third-order valence-corrected chi connectivity index (χ3v) is 3.91. The summed E-state index contributed by atoms with van der Waals surface area (Å²) < 4.78 is 16.3. The highest BCUT2D eigenvalue weighted by Crippen LogP contribution is 2.28. The molecule has 136 valence electrons. The van der Waals surface area contributed by atoms with Gasteiger partial charge in [-0.05, 0) is 36.4 Å². The summed E-state index contributed by atoms with van der Waals surface area (Å²) in [6.45, 7) is 0.113. The maximum absolute atomic E-state index is 12.8. The highest BCUT2D eigenvalue weighted by molar-refractivity contribution is 5.94. The van der Waals surface area contributed by atoms with Crippen molar-refractivity contribution in [2.24, 2.45) is 0 Å². The molecule has 1 amide bonds. The van der Waals surface area contributed by atoms with E-state index in [0.717, 1.165) is 5.69 Å². The van der Waals surface area contributed by atoms with E-state index >= 15 is 0 Å². The van der Waals surface area contributed by atoms with Gasteiger partial charge in [-0.1, -0.05) is 18.2 Å². The molecule has 0 saturated heterocycles. The molecule has 1 aromatic heterocycles. The second-order valence-corrected chi connectivity index (χ2v) is 5.66. The van der Waals surface area contributed by atoms with Crippen LogP contribution in [0.3, 0.4) is 0 Å². The number of rotatable bonds is 7. The Hall–Kier alpha value is -3.72. The number of methoxy groups -OCH3 is 1. The summed E-state index contributed by atoms with van der Waals surface area (Å²) in [4.78, 5) is 14.4. The van der Waals surface area contributed by atoms with Crippen LogP contribution in [-0.4, -0.2) is 19.6 Å². The largest absolute Gasteiger partial charge is 0.493 e. The lowest BCUT2D eigenvalue weighted by molar-refractivity contribution is -0.120. The van der Waals surface area contributed by atoms with Crippen LogP contribution in [0.25, 0.3) is 0 Å². The summed E-state index contributed by atoms with van der Waals surface area (Å²) >= 11 is 0. The minimum atomic E-state index is -0.232. The number of anilines is 1. The van der Waals surface area contributed by atoms with Crippen LogP contribution in [-0.2, 0) is 11.3 Å². The number of nitriles is 1. The van der Waals surface area contributed by atoms with Crippen LogP contribution in [0.2, 0.25) is 0 Å². The quantitative estimate of drug-likeness (QED) is 0.639. The summed E-state index contributed by atoms with van der Waals surface area (Å²) in [6, 6.07) is 19.7. The van der Waals surface area contributed by atoms with Crippen LogP contribution in [0.5, 0.6) is 11.5 Å². The van der Waals surface area contributed by atoms with Gasteiger partial charge in [0.05, 0.1) is 31.6 Å². The van der Waals surface area contributed by atoms with Gasteiger partial charge in [-0.15, -0.1) is 0 Å². The standard InChI is InChI=1S/C21H18N2O4/c1-25-20-12-16(13-22)9-10-19(20)27-15-21(24)23(14-18-8-5-11-26-18)17-6-3-2-4-7-17/h2-12H,14-15H2,1H3. The first kappa shape index (κ1) is 18.1. The Morgan fingerprint density at radius 3 is 2.59 bits per heavy atom. The zero-order valence-corrected chi connectivity index (χ0v) is 14.8. The van der Waals surface area contributed by atoms with Crippen LogP contribution in [0, 0.1) is 11.3 Å². The number of amides is 1. The van der Waals surface area contributed by atoms with Gasteiger partial charge in [-0.25, -0.2) is 0 Å². The normalized spacial score (nSPS) is 10.1. The van der Waals surface area contributed by atoms with Crippen molar-refractivity contribution in [2.75, 3.05) is 18.6 Å². The fourth-order valence-electron chi connectivity index (χ4n) is 2.56. The Kier molecular flexibility index (Phi) is 5.75. The second-order valence-electron chi connectivity index (χ2n) is 5.66. The molecule has 0 N–H and O–H groups in total. The van der Waals surface area contributed by atoms with Crippen LogP contribution < -0.4 is 14.4 Å². The Morgan fingerprint density at radius 1 is 1.11 bits per heavy atom. The fraction of sp³-hybridized carbons (Fsp3) is 0.143. The lowest BCUT2D eigenvalue weighted by Crippen LogP contribution is -2.34. The second kappa shape index (κ2) is 8.59. The number of nitrogens with zero attached hydrogens (tertiary/aromatic N) is 2. The van der Waals surface area contributed by atoms with Crippen LogP contribution in [0.1, 0.15) is 11.3 Å². The molecule has 1 heterocycles. The summed E-state index contributed by atoms with van der Waals surface area (Å²) in [7, 11) is 1.48. The van der Waals surface area contributed by atoms with Crippen molar-refractivity contribution in [3.8, 4) is 17.6 Å². The molecular formula is C21H18N2O4. The smallest absolute Gasteiger partial charge is 0.265 e. The van der Waals surface area contributed by atoms with Gasteiger partial charge in [-0.3, -0.25) is 4.79 Å². The predicted molar refractivity (Wildman–Crippen MR) is 99.5 cm³/mol. The average Bonchev–Trinajstić information content (AvgIpc) is 3.24. The lowest BCUT2D eigenvalue weighted by atomic mass is 10.2. The molecule has 0 atom stereocenters. The molecule has 0 radical (unpaired) electrons. The minimum Gasteiger partial charge on any atom is -0.493 e. The predicted octanol–water partition coefficient (Wildman–Crippen LogP) is 3.77. The highest BCUT2D eigenvalue weighted by atomic mass is 16.5. The molecule has 0 fully saturated rings. The highest BCUT2D eigenvalue weighted by Gasteiger charge is 2.19. The number of furan rings is 1. The van der Waals surface area contributed by atoms with Crippen molar-refractivity contribution in [1.29, 1.82) is 5.26 Å². The van der Waals surface area contributed by atoms with Gasteiger partial charge in [0.15, 0.2) is 18.1 Å². The van der Waals surface area contributed by atoms with Crippen LogP contribution >= 0.6 is 0 Å². The van der Waals surface area contributed by atoms with Gasteiger partial charge >= 0.3 is 0 Å². The average molecular weight is 362 g/mol. The third-order valence-electron chi connectivity index (χ3n) is 3.91. The molecule has 0 spiro atoms. The Bertz CT molecular complexity index is 931. The molecule has 6 heteroatoms. The number of hydrogen-bond donors (Lipinski definition) is 0. The molecule has 2 aromatic carbocycles. The Labute approximate surface area is 157 Å². The van der Waals surface area contributed by atoms with Crippen LogP contribution in [0.15, 0.2) is 71.3 Å². The zero-order chi connectivity index (χ0) is 19.1. The zero-order valence-electron chi connectivity index (χ0n) is 14.8. The molecule has 27 heavy (non-hydrogen) atoms. The van der Waals surface area contributed by atoms with E-state index in [2.05, 4.69) is 0 Å². The van der Waals surface area contributed by atoms with E-state index in [9.17, 15) is 4.79 Å². The van der Waals surface area contributed by atoms with E-state index in [-0.39, 0.29) is 12.5 Å². The van der Waals surface area contributed by atoms with E-state index < -0.39 is 0 Å². The van der Waals surface area contributed by atoms with Gasteiger partial charge in [-0.2, -0.15) is 5.26 Å². The summed E-state index contributed by atoms with van der Waals surface area (Å²) in [5.41, 5.74) is 1.20. The lowest BCUT2D eigenvalue weighted by Gasteiger charge is -2.22. The van der Waals surface area contributed by atoms with Crippen molar-refractivity contribution in [3.05, 3.63) is 78.3 Å². The first-order valence-corrected chi connectivity index (χ1v) is 8.30. The molecule has 6 nitrogen and oxygen atoms in total. The SMILES string of the molecule is COc1cc(C#N)ccc1OCC(=O)N(Cc1ccco1)c1ccccc1. The maximum Gasteiger partial charge on any atom is 0.265 e. The number of ether oxygens (including phenoxy) is 2. The number of benzene rings is 2. The van der Waals surface area contributed by atoms with E-state index in [1.807, 2.05) is 42.5 Å². The first-order valence-electron chi connectivity index (χ1n) is 8.30. The third kappa shape index (κ3) is 4.47. The molecule has 0 bridgehead atoms. The first-order chi connectivity index (χ1) is 13.2. The number of carbonyl (C=O) groups excluding carboxylic acids is 1. The van der Waals surface area contributed by atoms with Gasteiger partial charge in [0, 0.05) is 11.8 Å². The van der Waals surface area contributed by atoms with E-state index in [1.54, 1.807) is 35.4 Å². The summed E-state index contributed by atoms with van der Waals surface area (Å²) in [5.74, 6) is 1.24. The summed E-state index contributed by atoms with van der Waals surface area (Å²) in [6.07, 6.45) is 1.57. The van der Waals surface area contributed by atoms with Gasteiger partial charge < -0.3 is 18.8 Å². The van der Waals surface area contributed by atoms with Crippen molar-refractivity contribution in [2.45, 2.75) is 6.54 Å². The topological polar surface area (TPSA) is 75.7 Å². The maximum atomic E-state index is 12.8. The Morgan fingerprint density at radius 2 is 1.93 bits per heavy atom. The molecule has 0 aliphatic heterocycles. The van der Waals surface area contributed by atoms with Crippen LogP contribution in [0.4, 0.5) is 5.69 Å². The van der Waals surface area contributed by atoms with E-state index in [1.165, 1.54) is 7.11 Å². The monoisotopic (exact) mass is 362 g/mol. The molecule has 0 saturated carbocycles. The van der Waals surface area contributed by atoms with Crippen molar-refractivity contribution in [1.82, 2.24) is 0 Å². The number of hydrogen-bond acceptors (Lipinski definition) is 5. The molecule has 0 unspecified atom stereocenters. The minimum absolute atomic E-state index is 0.183. The van der Waals surface area contributed by atoms with Gasteiger partial charge in [0.1, 0.15) is 5.76 Å². The van der Waals surface area contributed by atoms with Crippen molar-refractivity contribution < 1.29 is 18.7 Å². The fourth-order valence-corrected chi connectivity index (χ4v) is 2.56. The molecule has 0 aliphatic carbocycles. The molecule has 3 aromatic rings.